The van der Waals surface area contributed by atoms with E-state index in [-0.39, 0.29) is 5.41 Å². The van der Waals surface area contributed by atoms with Crippen molar-refractivity contribution in [3.63, 3.8) is 0 Å². The van der Waals surface area contributed by atoms with Gasteiger partial charge in [-0.25, -0.2) is 0 Å². The van der Waals surface area contributed by atoms with Gasteiger partial charge in [0.15, 0.2) is 0 Å². The molecule has 0 fully saturated rings. The van der Waals surface area contributed by atoms with Gasteiger partial charge in [0.05, 0.1) is 11.0 Å². The second-order valence-electron chi connectivity index (χ2n) is 14.2. The molecule has 0 radical (unpaired) electrons. The summed E-state index contributed by atoms with van der Waals surface area (Å²) in [4.78, 5) is 2.42. The van der Waals surface area contributed by atoms with Gasteiger partial charge >= 0.3 is 0 Å². The summed E-state index contributed by atoms with van der Waals surface area (Å²) in [7, 11) is 0. The van der Waals surface area contributed by atoms with Crippen LogP contribution >= 0.6 is 0 Å². The average Bonchev–Trinajstić information content (AvgIpc) is 3.64. The highest BCUT2D eigenvalue weighted by molar-refractivity contribution is 6.21. The molecule has 0 aliphatic heterocycles. The Morgan fingerprint density at radius 1 is 0.431 bits per heavy atom. The lowest BCUT2D eigenvalue weighted by atomic mass is 9.82. The van der Waals surface area contributed by atoms with Gasteiger partial charge in [-0.1, -0.05) is 141 Å². The zero-order chi connectivity index (χ0) is 34.1. The molecule has 242 valence electrons. The first-order valence-corrected chi connectivity index (χ1v) is 17.8. The molecule has 1 aromatic heterocycles. The molecular formula is C49H36N2. The Hall–Kier alpha value is -6.38. The molecule has 1 aliphatic rings. The number of nitrogens with zero attached hydrogens (tertiary/aromatic N) is 2. The van der Waals surface area contributed by atoms with Gasteiger partial charge < -0.3 is 9.47 Å². The van der Waals surface area contributed by atoms with Crippen molar-refractivity contribution >= 4 is 49.6 Å². The van der Waals surface area contributed by atoms with Crippen LogP contribution in [0.5, 0.6) is 0 Å². The van der Waals surface area contributed by atoms with Crippen LogP contribution in [0.1, 0.15) is 25.0 Å². The monoisotopic (exact) mass is 652 g/mol. The van der Waals surface area contributed by atoms with Crippen molar-refractivity contribution in [2.75, 3.05) is 4.90 Å². The third-order valence-electron chi connectivity index (χ3n) is 11.0. The van der Waals surface area contributed by atoms with E-state index in [0.29, 0.717) is 0 Å². The van der Waals surface area contributed by atoms with Crippen molar-refractivity contribution < 1.29 is 0 Å². The molecule has 0 atom stereocenters. The van der Waals surface area contributed by atoms with Crippen molar-refractivity contribution in [1.82, 2.24) is 4.57 Å². The third-order valence-corrected chi connectivity index (χ3v) is 11.0. The molecule has 8 aromatic carbocycles. The van der Waals surface area contributed by atoms with Crippen molar-refractivity contribution in [3.05, 3.63) is 193 Å². The standard InChI is InChI=1S/C49H36N2/c1-49(2)44-20-12-11-19-41(44)43-31-38(27-29-45(43)49)50(37-24-21-34(22-25-37)33-13-5-3-6-14-33)39-26-28-42-47(32-39)51(36-16-7-4-8-17-36)46-30-23-35-15-9-10-18-40(35)48(42)46/h3-32H,1-2H3. The SMILES string of the molecule is CC1(C)c2ccccc2-c2cc(N(c3ccc(-c4ccccc4)cc3)c3ccc4c5c6ccccc6ccc5n(-c5ccccc5)c4c3)ccc21. The summed E-state index contributed by atoms with van der Waals surface area (Å²) in [6.07, 6.45) is 0. The first-order chi connectivity index (χ1) is 25.1. The lowest BCUT2D eigenvalue weighted by molar-refractivity contribution is 0.660. The van der Waals surface area contributed by atoms with Crippen LogP contribution in [0.4, 0.5) is 17.1 Å². The van der Waals surface area contributed by atoms with Gasteiger partial charge in [0, 0.05) is 38.9 Å². The summed E-state index contributed by atoms with van der Waals surface area (Å²) in [6.45, 7) is 4.69. The Balaban J connectivity index is 1.22. The maximum absolute atomic E-state index is 2.43. The molecule has 10 rings (SSSR count). The Bertz CT molecular complexity index is 2750. The summed E-state index contributed by atoms with van der Waals surface area (Å²) >= 11 is 0. The molecule has 0 bridgehead atoms. The van der Waals surface area contributed by atoms with E-state index in [0.717, 1.165) is 22.7 Å². The van der Waals surface area contributed by atoms with E-state index in [1.165, 1.54) is 66.0 Å². The van der Waals surface area contributed by atoms with Crippen molar-refractivity contribution in [2.45, 2.75) is 19.3 Å². The molecule has 0 spiro atoms. The van der Waals surface area contributed by atoms with E-state index in [2.05, 4.69) is 205 Å². The zero-order valence-corrected chi connectivity index (χ0v) is 28.7. The van der Waals surface area contributed by atoms with Crippen molar-refractivity contribution in [2.24, 2.45) is 0 Å². The van der Waals surface area contributed by atoms with E-state index in [9.17, 15) is 0 Å². The highest BCUT2D eigenvalue weighted by Gasteiger charge is 2.35. The van der Waals surface area contributed by atoms with Crippen LogP contribution in [0.15, 0.2) is 182 Å². The fraction of sp³-hybridized carbons (Fsp3) is 0.0612. The first kappa shape index (κ1) is 29.5. The Morgan fingerprint density at radius 3 is 1.88 bits per heavy atom. The number of fused-ring (bicyclic) bond motifs is 8. The first-order valence-electron chi connectivity index (χ1n) is 17.8. The molecule has 2 heteroatoms. The third kappa shape index (κ3) is 4.57. The Kier molecular flexibility index (Phi) is 6.56. The zero-order valence-electron chi connectivity index (χ0n) is 28.7. The van der Waals surface area contributed by atoms with Crippen LogP contribution in [0.25, 0.3) is 60.5 Å². The molecule has 1 aliphatic carbocycles. The smallest absolute Gasteiger partial charge is 0.0562 e. The molecular weight excluding hydrogens is 617 g/mol. The maximum Gasteiger partial charge on any atom is 0.0562 e. The summed E-state index contributed by atoms with van der Waals surface area (Å²) < 4.78 is 2.43. The summed E-state index contributed by atoms with van der Waals surface area (Å²) in [5.41, 5.74) is 14.7. The molecule has 1 heterocycles. The normalized spacial score (nSPS) is 13.1. The van der Waals surface area contributed by atoms with Gasteiger partial charge in [-0.15, -0.1) is 0 Å². The molecule has 0 saturated carbocycles. The Labute approximate surface area is 298 Å². The van der Waals surface area contributed by atoms with Gasteiger partial charge in [-0.2, -0.15) is 0 Å². The second kappa shape index (κ2) is 11.3. The maximum atomic E-state index is 2.43. The van der Waals surface area contributed by atoms with Crippen LogP contribution < -0.4 is 4.90 Å². The number of benzene rings is 8. The van der Waals surface area contributed by atoms with Crippen LogP contribution in [0.2, 0.25) is 0 Å². The van der Waals surface area contributed by atoms with Crippen LogP contribution in [-0.2, 0) is 5.41 Å². The quantitative estimate of drug-likeness (QED) is 0.180. The fourth-order valence-corrected chi connectivity index (χ4v) is 8.50. The van der Waals surface area contributed by atoms with E-state index < -0.39 is 0 Å². The minimum Gasteiger partial charge on any atom is -0.310 e. The van der Waals surface area contributed by atoms with Crippen LogP contribution in [0, 0.1) is 0 Å². The lowest BCUT2D eigenvalue weighted by Crippen LogP contribution is -2.15. The number of anilines is 3. The molecule has 0 amide bonds. The Morgan fingerprint density at radius 2 is 1.06 bits per heavy atom. The lowest BCUT2D eigenvalue weighted by Gasteiger charge is -2.27. The van der Waals surface area contributed by atoms with Gasteiger partial charge in [0.25, 0.3) is 0 Å². The minimum absolute atomic E-state index is 0.0507. The average molecular weight is 653 g/mol. The van der Waals surface area contributed by atoms with Gasteiger partial charge in [0.2, 0.25) is 0 Å². The largest absolute Gasteiger partial charge is 0.310 e. The van der Waals surface area contributed by atoms with Crippen molar-refractivity contribution in [1.29, 1.82) is 0 Å². The van der Waals surface area contributed by atoms with Crippen molar-refractivity contribution in [3.8, 4) is 27.9 Å². The number of aromatic nitrogens is 1. The fourth-order valence-electron chi connectivity index (χ4n) is 8.50. The van der Waals surface area contributed by atoms with Gasteiger partial charge in [0.1, 0.15) is 0 Å². The highest BCUT2D eigenvalue weighted by Crippen LogP contribution is 2.51. The molecule has 0 N–H and O–H groups in total. The van der Waals surface area contributed by atoms with Gasteiger partial charge in [-0.05, 0) is 98.8 Å². The van der Waals surface area contributed by atoms with Crippen LogP contribution in [-0.4, -0.2) is 4.57 Å². The highest BCUT2D eigenvalue weighted by atomic mass is 15.1. The predicted octanol–water partition coefficient (Wildman–Crippen LogP) is 13.4. The summed E-state index contributed by atoms with van der Waals surface area (Å²) in [5.74, 6) is 0. The molecule has 51 heavy (non-hydrogen) atoms. The number of para-hydroxylation sites is 1. The van der Waals surface area contributed by atoms with Crippen LogP contribution in [0.3, 0.4) is 0 Å². The minimum atomic E-state index is -0.0507. The molecule has 0 unspecified atom stereocenters. The van der Waals surface area contributed by atoms with E-state index in [1.54, 1.807) is 0 Å². The number of hydrogen-bond acceptors (Lipinski definition) is 1. The van der Waals surface area contributed by atoms with E-state index >= 15 is 0 Å². The molecule has 2 nitrogen and oxygen atoms in total. The van der Waals surface area contributed by atoms with E-state index in [1.807, 2.05) is 0 Å². The second-order valence-corrected chi connectivity index (χ2v) is 14.2. The number of rotatable bonds is 5. The molecule has 9 aromatic rings. The molecule has 0 saturated heterocycles. The topological polar surface area (TPSA) is 8.17 Å². The summed E-state index contributed by atoms with van der Waals surface area (Å²) in [5, 5.41) is 5.06. The van der Waals surface area contributed by atoms with Gasteiger partial charge in [-0.3, -0.25) is 0 Å². The predicted molar refractivity (Wildman–Crippen MR) is 216 cm³/mol. The number of hydrogen-bond donors (Lipinski definition) is 0. The van der Waals surface area contributed by atoms with E-state index in [4.69, 9.17) is 0 Å². The summed E-state index contributed by atoms with van der Waals surface area (Å²) in [6, 6.07) is 66.6.